The number of pyridine rings is 1. The maximum absolute atomic E-state index is 6.14. The van der Waals surface area contributed by atoms with E-state index in [0.29, 0.717) is 6.04 Å². The monoisotopic (exact) mass is 261 g/mol. The van der Waals surface area contributed by atoms with Gasteiger partial charge in [0, 0.05) is 62.4 Å². The summed E-state index contributed by atoms with van der Waals surface area (Å²) in [5, 5.41) is 3.61. The number of nitrogens with two attached hydrogens (primary N) is 1. The lowest BCUT2D eigenvalue weighted by molar-refractivity contribution is -0.00337. The van der Waals surface area contributed by atoms with Crippen molar-refractivity contribution in [2.45, 2.75) is 19.0 Å². The quantitative estimate of drug-likeness (QED) is 0.817. The Morgan fingerprint density at radius 2 is 2.21 bits per heavy atom. The molecule has 4 heterocycles. The van der Waals surface area contributed by atoms with E-state index in [1.54, 1.807) is 6.20 Å². The number of anilines is 1. The molecule has 5 nitrogen and oxygen atoms in total. The molecule has 3 saturated heterocycles. The van der Waals surface area contributed by atoms with Crippen LogP contribution >= 0.6 is 0 Å². The molecule has 4 rings (SSSR count). The molecule has 2 bridgehead atoms. The topological polar surface area (TPSA) is 57.4 Å². The van der Waals surface area contributed by atoms with Gasteiger partial charge in [0.15, 0.2) is 0 Å². The Kier molecular flexibility index (Phi) is 3.68. The maximum Gasteiger partial charge on any atom is 0.0526 e. The number of nitrogens with zero attached hydrogens (tertiary/aromatic N) is 3. The molecular weight excluding hydrogens is 238 g/mol. The van der Waals surface area contributed by atoms with E-state index < -0.39 is 0 Å². The van der Waals surface area contributed by atoms with Crippen LogP contribution in [0, 0.1) is 0 Å². The fraction of sp³-hybridized carbons (Fsp3) is 0.643. The van der Waals surface area contributed by atoms with Gasteiger partial charge in [-0.3, -0.25) is 14.8 Å². The van der Waals surface area contributed by atoms with Crippen molar-refractivity contribution in [2.75, 3.05) is 45.0 Å². The average Bonchev–Trinajstić information content (AvgIpc) is 2.47. The molecule has 3 aliphatic rings. The van der Waals surface area contributed by atoms with Gasteiger partial charge in [0.05, 0.1) is 6.04 Å². The Bertz CT molecular complexity index is 428. The molecule has 2 unspecified atom stereocenters. The van der Waals surface area contributed by atoms with Crippen LogP contribution in [0.5, 0.6) is 0 Å². The minimum absolute atomic E-state index is 0.279. The number of nitrogens with one attached hydrogen (secondary N) is 1. The minimum atomic E-state index is 0.279. The molecule has 0 aliphatic carbocycles. The molecular formula is C14H23N5. The molecule has 0 radical (unpaired) electrons. The lowest BCUT2D eigenvalue weighted by Gasteiger charge is -2.50. The van der Waals surface area contributed by atoms with Crippen LogP contribution in [-0.2, 0) is 0 Å². The zero-order chi connectivity index (χ0) is 13.2. The number of fused-ring (bicyclic) bond motifs is 3. The third kappa shape index (κ3) is 2.45. The summed E-state index contributed by atoms with van der Waals surface area (Å²) in [5.74, 6) is 0. The smallest absolute Gasteiger partial charge is 0.0526 e. The van der Waals surface area contributed by atoms with E-state index in [2.05, 4.69) is 27.0 Å². The fourth-order valence-electron chi connectivity index (χ4n) is 3.32. The average molecular weight is 261 g/mol. The summed E-state index contributed by atoms with van der Waals surface area (Å²) >= 11 is 0. The first-order valence-electron chi connectivity index (χ1n) is 7.18. The molecule has 5 heteroatoms. The number of rotatable bonds is 4. The van der Waals surface area contributed by atoms with Crippen molar-refractivity contribution in [3.63, 3.8) is 0 Å². The SMILES string of the molecule is CCNC(c1cnccc1N)C1CN2CCN1CC2. The van der Waals surface area contributed by atoms with Gasteiger partial charge in [-0.2, -0.15) is 0 Å². The summed E-state index contributed by atoms with van der Waals surface area (Å²) < 4.78 is 0. The van der Waals surface area contributed by atoms with Crippen LogP contribution in [0.1, 0.15) is 18.5 Å². The van der Waals surface area contributed by atoms with Crippen molar-refractivity contribution in [2.24, 2.45) is 0 Å². The van der Waals surface area contributed by atoms with E-state index in [1.165, 1.54) is 26.2 Å². The molecule has 3 fully saturated rings. The minimum Gasteiger partial charge on any atom is -0.398 e. The number of likely N-dealkylation sites (N-methyl/N-ethyl adjacent to an activating group) is 1. The molecule has 1 aromatic rings. The molecule has 3 aliphatic heterocycles. The van der Waals surface area contributed by atoms with Gasteiger partial charge in [-0.05, 0) is 12.6 Å². The summed E-state index contributed by atoms with van der Waals surface area (Å²) in [4.78, 5) is 9.41. The van der Waals surface area contributed by atoms with E-state index in [4.69, 9.17) is 5.73 Å². The maximum atomic E-state index is 6.14. The van der Waals surface area contributed by atoms with Crippen molar-refractivity contribution in [3.05, 3.63) is 24.0 Å². The number of piperazine rings is 3. The first-order chi connectivity index (χ1) is 9.29. The van der Waals surface area contributed by atoms with Crippen molar-refractivity contribution in [1.29, 1.82) is 0 Å². The van der Waals surface area contributed by atoms with Gasteiger partial charge in [-0.1, -0.05) is 6.92 Å². The highest BCUT2D eigenvalue weighted by atomic mass is 15.4. The van der Waals surface area contributed by atoms with Crippen LogP contribution in [0.25, 0.3) is 0 Å². The van der Waals surface area contributed by atoms with Crippen molar-refractivity contribution < 1.29 is 0 Å². The van der Waals surface area contributed by atoms with Crippen LogP contribution < -0.4 is 11.1 Å². The predicted octanol–water partition coefficient (Wildman–Crippen LogP) is 0.314. The third-order valence-electron chi connectivity index (χ3n) is 4.35. The highest BCUT2D eigenvalue weighted by Crippen LogP contribution is 2.29. The van der Waals surface area contributed by atoms with Crippen LogP contribution in [-0.4, -0.2) is 60.1 Å². The van der Waals surface area contributed by atoms with Gasteiger partial charge in [-0.25, -0.2) is 0 Å². The van der Waals surface area contributed by atoms with Gasteiger partial charge in [-0.15, -0.1) is 0 Å². The Morgan fingerprint density at radius 3 is 2.79 bits per heavy atom. The highest BCUT2D eigenvalue weighted by Gasteiger charge is 2.37. The van der Waals surface area contributed by atoms with E-state index in [9.17, 15) is 0 Å². The summed E-state index contributed by atoms with van der Waals surface area (Å²) in [6.07, 6.45) is 3.68. The van der Waals surface area contributed by atoms with Gasteiger partial charge in [0.25, 0.3) is 0 Å². The summed E-state index contributed by atoms with van der Waals surface area (Å²) in [6, 6.07) is 2.69. The van der Waals surface area contributed by atoms with E-state index in [-0.39, 0.29) is 6.04 Å². The Morgan fingerprint density at radius 1 is 1.42 bits per heavy atom. The highest BCUT2D eigenvalue weighted by molar-refractivity contribution is 5.47. The van der Waals surface area contributed by atoms with Gasteiger partial charge < -0.3 is 11.1 Å². The molecule has 3 N–H and O–H groups in total. The molecule has 1 aromatic heterocycles. The zero-order valence-corrected chi connectivity index (χ0v) is 11.5. The molecule has 19 heavy (non-hydrogen) atoms. The van der Waals surface area contributed by atoms with Crippen LogP contribution in [0.3, 0.4) is 0 Å². The first kappa shape index (κ1) is 12.8. The van der Waals surface area contributed by atoms with E-state index in [0.717, 1.165) is 24.3 Å². The number of hydrogen-bond acceptors (Lipinski definition) is 5. The van der Waals surface area contributed by atoms with E-state index in [1.807, 2.05) is 12.3 Å². The standard InChI is InChI=1S/C14H23N5/c1-2-17-14(11-9-16-4-3-12(11)15)13-10-18-5-7-19(13)8-6-18/h3-4,9,13-14,17H,2,5-8,10H2,1H3,(H2,15,16). The van der Waals surface area contributed by atoms with Crippen LogP contribution in [0.15, 0.2) is 18.5 Å². The van der Waals surface area contributed by atoms with Gasteiger partial charge >= 0.3 is 0 Å². The second-order valence-electron chi connectivity index (χ2n) is 5.44. The molecule has 0 amide bonds. The van der Waals surface area contributed by atoms with Gasteiger partial charge in [0.2, 0.25) is 0 Å². The lowest BCUT2D eigenvalue weighted by atomic mass is 9.94. The molecule has 0 saturated carbocycles. The van der Waals surface area contributed by atoms with Crippen molar-refractivity contribution in [1.82, 2.24) is 20.1 Å². The Hall–Kier alpha value is -1.17. The summed E-state index contributed by atoms with van der Waals surface area (Å²) in [6.45, 7) is 8.99. The van der Waals surface area contributed by atoms with Gasteiger partial charge in [0.1, 0.15) is 0 Å². The summed E-state index contributed by atoms with van der Waals surface area (Å²) in [5.41, 5.74) is 8.13. The Labute approximate surface area is 114 Å². The normalized spacial score (nSPS) is 31.3. The molecule has 2 atom stereocenters. The largest absolute Gasteiger partial charge is 0.398 e. The van der Waals surface area contributed by atoms with Crippen molar-refractivity contribution in [3.8, 4) is 0 Å². The number of hydrogen-bond donors (Lipinski definition) is 2. The second kappa shape index (κ2) is 5.45. The first-order valence-corrected chi connectivity index (χ1v) is 7.18. The van der Waals surface area contributed by atoms with Crippen LogP contribution in [0.4, 0.5) is 5.69 Å². The number of aromatic nitrogens is 1. The summed E-state index contributed by atoms with van der Waals surface area (Å²) in [7, 11) is 0. The molecule has 0 aromatic carbocycles. The van der Waals surface area contributed by atoms with Crippen LogP contribution in [0.2, 0.25) is 0 Å². The lowest BCUT2D eigenvalue weighted by Crippen LogP contribution is -2.64. The third-order valence-corrected chi connectivity index (χ3v) is 4.35. The molecule has 104 valence electrons. The number of nitrogen functional groups attached to an aromatic ring is 1. The second-order valence-corrected chi connectivity index (χ2v) is 5.44. The van der Waals surface area contributed by atoms with E-state index >= 15 is 0 Å². The van der Waals surface area contributed by atoms with Crippen molar-refractivity contribution >= 4 is 5.69 Å². The fourth-order valence-corrected chi connectivity index (χ4v) is 3.32. The Balaban J connectivity index is 1.87. The molecule has 0 spiro atoms. The zero-order valence-electron chi connectivity index (χ0n) is 11.5. The predicted molar refractivity (Wildman–Crippen MR) is 76.9 cm³/mol.